The minimum absolute atomic E-state index is 0.0595. The molecule has 1 aliphatic carbocycles. The Morgan fingerprint density at radius 2 is 1.84 bits per heavy atom. The van der Waals surface area contributed by atoms with Crippen molar-refractivity contribution in [3.05, 3.63) is 92.9 Å². The Hall–Kier alpha value is -3.46. The third-order valence-corrected chi connectivity index (χ3v) is 7.07. The first kappa shape index (κ1) is 26.6. The predicted octanol–water partition coefficient (Wildman–Crippen LogP) is 6.64. The summed E-state index contributed by atoms with van der Waals surface area (Å²) >= 11 is 5.79. The lowest BCUT2D eigenvalue weighted by molar-refractivity contribution is -0.614. The molecule has 10 heteroatoms. The molecule has 0 aliphatic heterocycles. The number of carboxylic acid groups (broad SMARTS) is 1. The van der Waals surface area contributed by atoms with Crippen molar-refractivity contribution < 1.29 is 37.0 Å². The maximum atomic E-state index is 14.7. The van der Waals surface area contributed by atoms with Gasteiger partial charge in [0.25, 0.3) is 6.43 Å². The molecule has 1 atom stereocenters. The molecule has 0 bridgehead atoms. The van der Waals surface area contributed by atoms with Gasteiger partial charge in [-0.1, -0.05) is 43.0 Å². The number of nitrogens with zero attached hydrogens (tertiary/aromatic N) is 1. The Morgan fingerprint density at radius 1 is 1.11 bits per heavy atom. The molecular weight excluding hydrogens is 514 g/mol. The van der Waals surface area contributed by atoms with Crippen molar-refractivity contribution in [2.24, 2.45) is 5.92 Å². The molecule has 0 radical (unpaired) electrons. The summed E-state index contributed by atoms with van der Waals surface area (Å²) in [5, 5.41) is 21.7. The zero-order valence-corrected chi connectivity index (χ0v) is 20.2. The number of Topliss-reactive ketones (excluding diaryl/α,β-unsaturated/α-hetero) is 1. The van der Waals surface area contributed by atoms with Gasteiger partial charge >= 0.3 is 5.97 Å². The first-order valence-electron chi connectivity index (χ1n) is 11.6. The number of benzene rings is 2. The average Bonchev–Trinajstić information content (AvgIpc) is 2.80. The van der Waals surface area contributed by atoms with Crippen molar-refractivity contribution in [3.8, 4) is 11.1 Å². The van der Waals surface area contributed by atoms with E-state index in [9.17, 15) is 32.4 Å². The summed E-state index contributed by atoms with van der Waals surface area (Å²) in [5.74, 6) is -4.55. The van der Waals surface area contributed by atoms with Crippen LogP contribution in [0.25, 0.3) is 11.1 Å². The second-order valence-corrected chi connectivity index (χ2v) is 9.55. The zero-order valence-electron chi connectivity index (χ0n) is 19.4. The molecule has 1 aliphatic rings. The fourth-order valence-corrected chi connectivity index (χ4v) is 4.75. The Morgan fingerprint density at radius 3 is 2.41 bits per heavy atom. The first-order chi connectivity index (χ1) is 17.6. The lowest BCUT2D eigenvalue weighted by Crippen LogP contribution is -2.37. The third-order valence-electron chi connectivity index (χ3n) is 6.78. The molecule has 0 amide bonds. The molecule has 1 unspecified atom stereocenters. The summed E-state index contributed by atoms with van der Waals surface area (Å²) in [5.41, 5.74) is -1.44. The van der Waals surface area contributed by atoms with Crippen molar-refractivity contribution >= 4 is 23.4 Å². The topological polar surface area (TPSA) is 81.3 Å². The molecule has 37 heavy (non-hydrogen) atoms. The fourth-order valence-electron chi connectivity index (χ4n) is 4.60. The zero-order chi connectivity index (χ0) is 26.9. The predicted molar refractivity (Wildman–Crippen MR) is 128 cm³/mol. The molecule has 3 aromatic rings. The maximum Gasteiger partial charge on any atom is 0.338 e. The van der Waals surface area contributed by atoms with Crippen LogP contribution in [-0.2, 0) is 11.2 Å². The molecule has 1 heterocycles. The smallest absolute Gasteiger partial charge is 0.338 e. The van der Waals surface area contributed by atoms with Gasteiger partial charge in [-0.2, -0.15) is 4.73 Å². The van der Waals surface area contributed by atoms with Gasteiger partial charge < -0.3 is 10.3 Å². The Balaban J connectivity index is 1.68. The quantitative estimate of drug-likeness (QED) is 0.189. The van der Waals surface area contributed by atoms with Crippen LogP contribution in [0.2, 0.25) is 5.02 Å². The van der Waals surface area contributed by atoms with E-state index in [2.05, 4.69) is 0 Å². The van der Waals surface area contributed by atoms with Gasteiger partial charge in [0.1, 0.15) is 17.6 Å². The van der Waals surface area contributed by atoms with Crippen LogP contribution in [0.4, 0.5) is 17.6 Å². The van der Waals surface area contributed by atoms with Gasteiger partial charge in [-0.25, -0.2) is 22.4 Å². The molecule has 2 aromatic carbocycles. The van der Waals surface area contributed by atoms with Crippen molar-refractivity contribution in [3.63, 3.8) is 0 Å². The van der Waals surface area contributed by atoms with Gasteiger partial charge in [0.15, 0.2) is 12.0 Å². The number of ketones is 1. The van der Waals surface area contributed by atoms with E-state index in [1.165, 1.54) is 18.2 Å². The van der Waals surface area contributed by atoms with Crippen molar-refractivity contribution in [2.75, 3.05) is 0 Å². The second-order valence-electron chi connectivity index (χ2n) is 9.14. The van der Waals surface area contributed by atoms with Crippen molar-refractivity contribution in [1.29, 1.82) is 0 Å². The molecule has 5 nitrogen and oxygen atoms in total. The number of hydrogen-bond acceptors (Lipinski definition) is 3. The van der Waals surface area contributed by atoms with Gasteiger partial charge in [0, 0.05) is 23.6 Å². The number of halogens is 5. The molecule has 0 saturated heterocycles. The van der Waals surface area contributed by atoms with Crippen LogP contribution in [-0.4, -0.2) is 16.9 Å². The monoisotopic (exact) mass is 535 g/mol. The first-order valence-corrected chi connectivity index (χ1v) is 12.0. The van der Waals surface area contributed by atoms with Gasteiger partial charge in [-0.05, 0) is 42.2 Å². The van der Waals surface area contributed by atoms with E-state index in [0.29, 0.717) is 11.2 Å². The van der Waals surface area contributed by atoms with Crippen LogP contribution in [0.15, 0.2) is 48.7 Å². The summed E-state index contributed by atoms with van der Waals surface area (Å²) in [6.45, 7) is 0. The van der Waals surface area contributed by atoms with Gasteiger partial charge in [0.05, 0.1) is 16.1 Å². The van der Waals surface area contributed by atoms with Crippen molar-refractivity contribution in [1.82, 2.24) is 0 Å². The number of hydrogen-bond donors (Lipinski definition) is 1. The number of rotatable bonds is 9. The van der Waals surface area contributed by atoms with Crippen LogP contribution in [0.1, 0.15) is 65.2 Å². The van der Waals surface area contributed by atoms with Crippen LogP contribution in [0, 0.1) is 22.8 Å². The SMILES string of the molecule is O=C(O)c1ccc(CC(=O)C(CC2CCC2)c2ccc(-c3c(C(F)F)ccc(Cl)c3F)c[n+]2[O-])cc1F. The number of pyridine rings is 1. The summed E-state index contributed by atoms with van der Waals surface area (Å²) in [4.78, 5) is 24.4. The molecule has 4 rings (SSSR count). The number of carbonyl (C=O) groups is 2. The van der Waals surface area contributed by atoms with Gasteiger partial charge in [-0.15, -0.1) is 0 Å². The van der Waals surface area contributed by atoms with E-state index in [-0.39, 0.29) is 40.0 Å². The minimum Gasteiger partial charge on any atom is -0.618 e. The molecule has 0 spiro atoms. The van der Waals surface area contributed by atoms with E-state index in [1.54, 1.807) is 0 Å². The van der Waals surface area contributed by atoms with Gasteiger partial charge in [-0.3, -0.25) is 4.79 Å². The van der Waals surface area contributed by atoms with Gasteiger partial charge in [0.2, 0.25) is 5.69 Å². The lowest BCUT2D eigenvalue weighted by Gasteiger charge is -2.28. The Kier molecular flexibility index (Phi) is 7.82. The molecule has 1 N–H and O–H groups in total. The second kappa shape index (κ2) is 10.9. The maximum absolute atomic E-state index is 14.7. The molecular formula is C27H22ClF4NO4. The van der Waals surface area contributed by atoms with E-state index in [0.717, 1.165) is 49.7 Å². The van der Waals surface area contributed by atoms with Crippen LogP contribution in [0.5, 0.6) is 0 Å². The van der Waals surface area contributed by atoms with E-state index in [4.69, 9.17) is 16.7 Å². The average molecular weight is 536 g/mol. The van der Waals surface area contributed by atoms with Crippen LogP contribution in [0.3, 0.4) is 0 Å². The fraction of sp³-hybridized carbons (Fsp3) is 0.296. The normalized spacial score (nSPS) is 14.4. The Bertz CT molecular complexity index is 1360. The molecule has 1 aromatic heterocycles. The van der Waals surface area contributed by atoms with Crippen molar-refractivity contribution in [2.45, 2.75) is 44.4 Å². The number of alkyl halides is 2. The minimum atomic E-state index is -3.01. The third kappa shape index (κ3) is 5.61. The highest BCUT2D eigenvalue weighted by Gasteiger charge is 2.33. The summed E-state index contributed by atoms with van der Waals surface area (Å²) in [6, 6.07) is 8.01. The summed E-state index contributed by atoms with van der Waals surface area (Å²) < 4.78 is 56.3. The highest BCUT2D eigenvalue weighted by molar-refractivity contribution is 6.31. The summed E-state index contributed by atoms with van der Waals surface area (Å²) in [6.07, 6.45) is 0.815. The van der Waals surface area contributed by atoms with Crippen LogP contribution < -0.4 is 4.73 Å². The highest BCUT2D eigenvalue weighted by Crippen LogP contribution is 2.38. The number of aromatic carboxylic acids is 1. The standard InChI is InChI=1S/C27H22ClF4NO4/c28-20-8-7-18(26(31)32)24(25(20)30)16-5-9-22(33(37)13-16)19(10-14-2-1-3-14)23(34)12-15-4-6-17(27(35)36)21(29)11-15/h4-9,11,13-14,19,26H,1-3,10,12H2,(H,35,36). The lowest BCUT2D eigenvalue weighted by atomic mass is 9.76. The van der Waals surface area contributed by atoms with Crippen LogP contribution >= 0.6 is 11.6 Å². The highest BCUT2D eigenvalue weighted by atomic mass is 35.5. The molecule has 194 valence electrons. The number of carbonyl (C=O) groups excluding carboxylic acids is 1. The van der Waals surface area contributed by atoms with E-state index in [1.807, 2.05) is 0 Å². The number of carboxylic acids is 1. The molecule has 1 fully saturated rings. The summed E-state index contributed by atoms with van der Waals surface area (Å²) in [7, 11) is 0. The molecule has 1 saturated carbocycles. The number of aromatic nitrogens is 1. The largest absolute Gasteiger partial charge is 0.618 e. The Labute approximate surface area is 214 Å². The van der Waals surface area contributed by atoms with E-state index < -0.39 is 46.6 Å². The van der Waals surface area contributed by atoms with E-state index >= 15 is 0 Å².